The summed E-state index contributed by atoms with van der Waals surface area (Å²) in [5.41, 5.74) is 1.86. The molecule has 0 saturated heterocycles. The molecule has 1 aliphatic heterocycles. The highest BCUT2D eigenvalue weighted by atomic mass is 79.9. The molecule has 0 atom stereocenters. The molecule has 0 fully saturated rings. The van der Waals surface area contributed by atoms with Crippen LogP contribution in [-0.2, 0) is 13.0 Å². The van der Waals surface area contributed by atoms with Gasteiger partial charge in [-0.1, -0.05) is 0 Å². The van der Waals surface area contributed by atoms with E-state index in [0.717, 1.165) is 38.8 Å². The molecule has 0 aromatic carbocycles. The molecule has 0 unspecified atom stereocenters. The topological polar surface area (TPSA) is 26.4 Å². The molecular formula is C10H7Br3N2O. The minimum atomic E-state index is 0.0853. The number of hydrogen-bond donors (Lipinski definition) is 0. The van der Waals surface area contributed by atoms with Crippen LogP contribution in [0.25, 0.3) is 5.52 Å². The molecule has 0 aliphatic carbocycles. The molecule has 2 aromatic rings. The molecule has 3 nitrogen and oxygen atoms in total. The van der Waals surface area contributed by atoms with Gasteiger partial charge < -0.3 is 4.57 Å². The lowest BCUT2D eigenvalue weighted by atomic mass is 10.3. The third kappa shape index (κ3) is 1.32. The van der Waals surface area contributed by atoms with Crippen molar-refractivity contribution in [2.24, 2.45) is 0 Å². The Morgan fingerprint density at radius 3 is 2.69 bits per heavy atom. The maximum atomic E-state index is 12.2. The Hall–Kier alpha value is -0.0700. The zero-order valence-corrected chi connectivity index (χ0v) is 12.9. The molecule has 1 aliphatic rings. The van der Waals surface area contributed by atoms with Crippen LogP contribution in [0.4, 0.5) is 0 Å². The molecule has 3 heterocycles. The average Bonchev–Trinajstić information content (AvgIpc) is 2.83. The van der Waals surface area contributed by atoms with Crippen molar-refractivity contribution in [1.29, 1.82) is 0 Å². The Balaban J connectivity index is 2.59. The summed E-state index contributed by atoms with van der Waals surface area (Å²) in [4.78, 5) is 12.2. The molecule has 0 saturated carbocycles. The van der Waals surface area contributed by atoms with Gasteiger partial charge in [-0.05, 0) is 66.7 Å². The molecule has 0 amide bonds. The Kier molecular flexibility index (Phi) is 2.56. The number of nitrogens with zero attached hydrogens (tertiary/aromatic N) is 2. The number of hydrogen-bond acceptors (Lipinski definition) is 1. The molecule has 0 N–H and O–H groups in total. The van der Waals surface area contributed by atoms with Crippen LogP contribution in [0.2, 0.25) is 0 Å². The Bertz CT molecular complexity index is 656. The van der Waals surface area contributed by atoms with Gasteiger partial charge in [0, 0.05) is 6.54 Å². The lowest BCUT2D eigenvalue weighted by molar-refractivity contribution is 0.716. The van der Waals surface area contributed by atoms with Crippen molar-refractivity contribution >= 4 is 53.3 Å². The molecule has 16 heavy (non-hydrogen) atoms. The zero-order valence-electron chi connectivity index (χ0n) is 8.14. The van der Waals surface area contributed by atoms with E-state index < -0.39 is 0 Å². The van der Waals surface area contributed by atoms with Crippen molar-refractivity contribution in [2.75, 3.05) is 0 Å². The first-order chi connectivity index (χ1) is 7.61. The second-order valence-electron chi connectivity index (χ2n) is 3.80. The molecule has 0 radical (unpaired) electrons. The molecule has 6 heteroatoms. The third-order valence-corrected chi connectivity index (χ3v) is 5.65. The van der Waals surface area contributed by atoms with Crippen molar-refractivity contribution in [3.63, 3.8) is 0 Å². The summed E-state index contributed by atoms with van der Waals surface area (Å²) in [6, 6.07) is 1.85. The number of fused-ring (bicyclic) bond motifs is 2. The van der Waals surface area contributed by atoms with Crippen LogP contribution in [0.1, 0.15) is 12.1 Å². The maximum absolute atomic E-state index is 12.2. The predicted octanol–water partition coefficient (Wildman–Crippen LogP) is 3.33. The van der Waals surface area contributed by atoms with E-state index in [1.807, 2.05) is 15.0 Å². The van der Waals surface area contributed by atoms with Crippen molar-refractivity contribution in [3.05, 3.63) is 35.8 Å². The molecule has 0 bridgehead atoms. The highest BCUT2D eigenvalue weighted by molar-refractivity contribution is 9.13. The van der Waals surface area contributed by atoms with Crippen LogP contribution in [-0.4, -0.2) is 8.97 Å². The first-order valence-electron chi connectivity index (χ1n) is 4.89. The van der Waals surface area contributed by atoms with Crippen molar-refractivity contribution in [2.45, 2.75) is 19.4 Å². The summed E-state index contributed by atoms with van der Waals surface area (Å²) in [5.74, 6) is 0. The largest absolute Gasteiger partial charge is 0.308 e. The van der Waals surface area contributed by atoms with Gasteiger partial charge in [0.2, 0.25) is 0 Å². The summed E-state index contributed by atoms with van der Waals surface area (Å²) in [7, 11) is 0. The van der Waals surface area contributed by atoms with E-state index in [0.29, 0.717) is 5.52 Å². The van der Waals surface area contributed by atoms with E-state index >= 15 is 0 Å². The van der Waals surface area contributed by atoms with E-state index in [2.05, 4.69) is 47.8 Å². The number of rotatable bonds is 0. The van der Waals surface area contributed by atoms with Gasteiger partial charge in [0.15, 0.2) is 0 Å². The minimum Gasteiger partial charge on any atom is -0.308 e. The van der Waals surface area contributed by atoms with Crippen LogP contribution >= 0.6 is 47.8 Å². The highest BCUT2D eigenvalue weighted by Gasteiger charge is 2.21. The SMILES string of the molecule is O=c1c2cc(Br)c(Br)n2c(Br)c2n1CCC2. The standard InChI is InChI=1S/C10H7Br3N2O/c11-5-4-7-10(16)14-3-1-2-6(14)9(13)15(7)8(5)12/h4H,1-3H2. The van der Waals surface area contributed by atoms with Gasteiger partial charge >= 0.3 is 0 Å². The average molecular weight is 411 g/mol. The van der Waals surface area contributed by atoms with Crippen molar-refractivity contribution < 1.29 is 0 Å². The van der Waals surface area contributed by atoms with E-state index in [4.69, 9.17) is 0 Å². The fraction of sp³-hybridized carbons (Fsp3) is 0.300. The first kappa shape index (κ1) is 11.0. The smallest absolute Gasteiger partial charge is 0.275 e. The third-order valence-electron chi connectivity index (χ3n) is 2.92. The zero-order chi connectivity index (χ0) is 11.4. The van der Waals surface area contributed by atoms with Crippen LogP contribution in [0.3, 0.4) is 0 Å². The number of aromatic nitrogens is 2. The van der Waals surface area contributed by atoms with E-state index in [-0.39, 0.29) is 5.56 Å². The second-order valence-corrected chi connectivity index (χ2v) is 6.16. The minimum absolute atomic E-state index is 0.0853. The van der Waals surface area contributed by atoms with Gasteiger partial charge in [-0.2, -0.15) is 0 Å². The number of halogens is 3. The Labute approximate surface area is 117 Å². The van der Waals surface area contributed by atoms with Gasteiger partial charge in [0.05, 0.1) is 10.2 Å². The predicted molar refractivity (Wildman–Crippen MR) is 73.1 cm³/mol. The highest BCUT2D eigenvalue weighted by Crippen LogP contribution is 2.32. The molecule has 84 valence electrons. The van der Waals surface area contributed by atoms with Crippen molar-refractivity contribution in [1.82, 2.24) is 8.97 Å². The lowest BCUT2D eigenvalue weighted by Crippen LogP contribution is -2.22. The normalized spacial score (nSPS) is 14.7. The van der Waals surface area contributed by atoms with Gasteiger partial charge in [0.25, 0.3) is 5.56 Å². The van der Waals surface area contributed by atoms with Crippen LogP contribution in [0, 0.1) is 0 Å². The monoisotopic (exact) mass is 408 g/mol. The molecule has 2 aromatic heterocycles. The summed E-state index contributed by atoms with van der Waals surface area (Å²) in [5, 5.41) is 0. The van der Waals surface area contributed by atoms with Crippen LogP contribution < -0.4 is 5.56 Å². The van der Waals surface area contributed by atoms with E-state index in [1.54, 1.807) is 0 Å². The van der Waals surface area contributed by atoms with Crippen molar-refractivity contribution in [3.8, 4) is 0 Å². The summed E-state index contributed by atoms with van der Waals surface area (Å²) in [6.07, 6.45) is 1.99. The van der Waals surface area contributed by atoms with Gasteiger partial charge in [-0.15, -0.1) is 0 Å². The van der Waals surface area contributed by atoms with Gasteiger partial charge in [0.1, 0.15) is 14.7 Å². The van der Waals surface area contributed by atoms with Crippen LogP contribution in [0.15, 0.2) is 24.5 Å². The molecular weight excluding hydrogens is 404 g/mol. The first-order valence-corrected chi connectivity index (χ1v) is 7.27. The molecule has 3 rings (SSSR count). The van der Waals surface area contributed by atoms with E-state index in [1.165, 1.54) is 0 Å². The van der Waals surface area contributed by atoms with Gasteiger partial charge in [-0.3, -0.25) is 9.20 Å². The Morgan fingerprint density at radius 2 is 1.94 bits per heavy atom. The molecule has 0 spiro atoms. The fourth-order valence-electron chi connectivity index (χ4n) is 2.19. The Morgan fingerprint density at radius 1 is 1.19 bits per heavy atom. The quantitative estimate of drug-likeness (QED) is 0.654. The fourth-order valence-corrected chi connectivity index (χ4v) is 4.08. The summed E-state index contributed by atoms with van der Waals surface area (Å²) >= 11 is 10.5. The lowest BCUT2D eigenvalue weighted by Gasteiger charge is -2.09. The van der Waals surface area contributed by atoms with E-state index in [9.17, 15) is 4.79 Å². The summed E-state index contributed by atoms with van der Waals surface area (Å²) < 4.78 is 6.51. The second kappa shape index (κ2) is 3.71. The van der Waals surface area contributed by atoms with Gasteiger partial charge in [-0.25, -0.2) is 0 Å². The summed E-state index contributed by atoms with van der Waals surface area (Å²) in [6.45, 7) is 0.823. The maximum Gasteiger partial charge on any atom is 0.275 e. The van der Waals surface area contributed by atoms with Crippen LogP contribution in [0.5, 0.6) is 0 Å².